The molecule has 0 unspecified atom stereocenters. The van der Waals surface area contributed by atoms with Gasteiger partial charge in [0, 0.05) is 5.41 Å². The second-order valence-electron chi connectivity index (χ2n) is 7.09. The molecule has 0 aliphatic heterocycles. The minimum Gasteiger partial charge on any atom is -0.0683 e. The zero-order valence-electron chi connectivity index (χ0n) is 16.8. The molecule has 25 heavy (non-hydrogen) atoms. The summed E-state index contributed by atoms with van der Waals surface area (Å²) in [5, 5.41) is 0. The predicted octanol–water partition coefficient (Wildman–Crippen LogP) is 8.14. The van der Waals surface area contributed by atoms with Gasteiger partial charge in [0.25, 0.3) is 0 Å². The Bertz CT molecular complexity index is 592. The van der Waals surface area contributed by atoms with Crippen LogP contribution in [0.1, 0.15) is 90.2 Å². The zero-order chi connectivity index (χ0) is 18.1. The van der Waals surface area contributed by atoms with E-state index in [1.54, 1.807) is 11.1 Å². The van der Waals surface area contributed by atoms with Crippen LogP contribution in [-0.2, 0) is 5.41 Å². The number of hydrogen-bond acceptors (Lipinski definition) is 0. The lowest BCUT2D eigenvalue weighted by Gasteiger charge is -2.32. The van der Waals surface area contributed by atoms with Gasteiger partial charge in [-0.15, -0.1) is 0 Å². The van der Waals surface area contributed by atoms with Gasteiger partial charge in [0.05, 0.1) is 0 Å². The third-order valence-corrected chi connectivity index (χ3v) is 5.59. The molecule has 0 heterocycles. The van der Waals surface area contributed by atoms with Crippen molar-refractivity contribution in [3.63, 3.8) is 0 Å². The van der Waals surface area contributed by atoms with Crippen LogP contribution in [0, 0.1) is 0 Å². The molecule has 0 bridgehead atoms. The van der Waals surface area contributed by atoms with E-state index in [1.807, 2.05) is 13.8 Å². The number of unbranched alkanes of at least 4 members (excludes halogenated alkanes) is 4. The fourth-order valence-corrected chi connectivity index (χ4v) is 4.41. The Morgan fingerprint density at radius 3 is 1.60 bits per heavy atom. The van der Waals surface area contributed by atoms with Crippen LogP contribution in [0.2, 0.25) is 0 Å². The third kappa shape index (κ3) is 4.00. The molecule has 0 fully saturated rings. The summed E-state index contributed by atoms with van der Waals surface area (Å²) in [5.41, 5.74) is 6.40. The van der Waals surface area contributed by atoms with Crippen molar-refractivity contribution in [3.8, 4) is 11.1 Å². The first-order valence-electron chi connectivity index (χ1n) is 10.5. The second kappa shape index (κ2) is 9.80. The average Bonchev–Trinajstić information content (AvgIpc) is 2.96. The zero-order valence-corrected chi connectivity index (χ0v) is 16.8. The molecule has 0 nitrogen and oxygen atoms in total. The summed E-state index contributed by atoms with van der Waals surface area (Å²) in [7, 11) is 0. The largest absolute Gasteiger partial charge is 0.0683 e. The van der Waals surface area contributed by atoms with Crippen LogP contribution in [0.5, 0.6) is 0 Å². The van der Waals surface area contributed by atoms with Gasteiger partial charge in [0.1, 0.15) is 0 Å². The fourth-order valence-electron chi connectivity index (χ4n) is 4.41. The van der Waals surface area contributed by atoms with Crippen LogP contribution in [0.3, 0.4) is 0 Å². The molecular formula is C25H36. The van der Waals surface area contributed by atoms with Gasteiger partial charge < -0.3 is 0 Å². The lowest BCUT2D eigenvalue weighted by molar-refractivity contribution is 0.407. The molecule has 2 aromatic rings. The van der Waals surface area contributed by atoms with E-state index in [1.165, 1.54) is 62.5 Å². The van der Waals surface area contributed by atoms with E-state index in [0.717, 1.165) is 0 Å². The minimum atomic E-state index is 0.261. The van der Waals surface area contributed by atoms with Gasteiger partial charge >= 0.3 is 0 Å². The Balaban J connectivity index is 0.00000109. The Morgan fingerprint density at radius 1 is 0.600 bits per heavy atom. The Hall–Kier alpha value is -1.56. The predicted molar refractivity (Wildman–Crippen MR) is 112 cm³/mol. The molecule has 1 aliphatic rings. The van der Waals surface area contributed by atoms with Gasteiger partial charge in [-0.25, -0.2) is 0 Å². The van der Waals surface area contributed by atoms with Crippen molar-refractivity contribution < 1.29 is 0 Å². The van der Waals surface area contributed by atoms with Crippen molar-refractivity contribution in [2.75, 3.05) is 0 Å². The van der Waals surface area contributed by atoms with Crippen molar-refractivity contribution in [2.45, 2.75) is 84.5 Å². The molecule has 136 valence electrons. The second-order valence-corrected chi connectivity index (χ2v) is 7.09. The molecular weight excluding hydrogens is 300 g/mol. The van der Waals surface area contributed by atoms with Crippen LogP contribution in [0.4, 0.5) is 0 Å². The number of rotatable bonds is 8. The van der Waals surface area contributed by atoms with Crippen molar-refractivity contribution >= 4 is 0 Å². The molecule has 0 radical (unpaired) electrons. The summed E-state index contributed by atoms with van der Waals surface area (Å²) < 4.78 is 0. The van der Waals surface area contributed by atoms with Gasteiger partial charge in [-0.05, 0) is 35.1 Å². The molecule has 0 atom stereocenters. The van der Waals surface area contributed by atoms with E-state index in [9.17, 15) is 0 Å². The molecule has 0 heteroatoms. The number of fused-ring (bicyclic) bond motifs is 3. The first-order chi connectivity index (χ1) is 12.3. The Morgan fingerprint density at radius 2 is 1.08 bits per heavy atom. The molecule has 1 aliphatic carbocycles. The van der Waals surface area contributed by atoms with Gasteiger partial charge in [-0.1, -0.05) is 115 Å². The SMILES string of the molecule is CC.CCCCCCC1(CCCC)c2ccccc2-c2ccccc21. The normalized spacial score (nSPS) is 13.6. The molecule has 0 N–H and O–H groups in total. The van der Waals surface area contributed by atoms with E-state index in [4.69, 9.17) is 0 Å². The highest BCUT2D eigenvalue weighted by Crippen LogP contribution is 2.53. The Kier molecular flexibility index (Phi) is 7.75. The molecule has 0 saturated carbocycles. The molecule has 0 saturated heterocycles. The fraction of sp³-hybridized carbons (Fsp3) is 0.520. The van der Waals surface area contributed by atoms with Crippen molar-refractivity contribution in [3.05, 3.63) is 59.7 Å². The van der Waals surface area contributed by atoms with E-state index in [-0.39, 0.29) is 5.41 Å². The average molecular weight is 337 g/mol. The van der Waals surface area contributed by atoms with Gasteiger partial charge in [-0.3, -0.25) is 0 Å². The highest BCUT2D eigenvalue weighted by molar-refractivity contribution is 5.80. The molecule has 2 aromatic carbocycles. The molecule has 0 amide bonds. The monoisotopic (exact) mass is 336 g/mol. The van der Waals surface area contributed by atoms with Gasteiger partial charge in [0.2, 0.25) is 0 Å². The maximum atomic E-state index is 2.39. The highest BCUT2D eigenvalue weighted by Gasteiger charge is 2.41. The van der Waals surface area contributed by atoms with Crippen LogP contribution in [0.25, 0.3) is 11.1 Å². The molecule has 0 aromatic heterocycles. The van der Waals surface area contributed by atoms with E-state index in [2.05, 4.69) is 62.4 Å². The summed E-state index contributed by atoms with van der Waals surface area (Å²) in [6.45, 7) is 8.62. The quantitative estimate of drug-likeness (QED) is 0.427. The Labute approximate surface area is 155 Å². The lowest BCUT2D eigenvalue weighted by Crippen LogP contribution is -2.25. The van der Waals surface area contributed by atoms with Gasteiger partial charge in [0.15, 0.2) is 0 Å². The standard InChI is InChI=1S/C23H30.C2H6/c1-3-5-7-12-18-23(17-6-4-2)21-15-10-8-13-19(21)20-14-9-11-16-22(20)23;1-2/h8-11,13-16H,3-7,12,17-18H2,1-2H3;1-2H3. The van der Waals surface area contributed by atoms with Crippen LogP contribution < -0.4 is 0 Å². The highest BCUT2D eigenvalue weighted by atomic mass is 14.4. The minimum absolute atomic E-state index is 0.261. The van der Waals surface area contributed by atoms with E-state index in [0.29, 0.717) is 0 Å². The maximum Gasteiger partial charge on any atom is 0.0215 e. The third-order valence-electron chi connectivity index (χ3n) is 5.59. The lowest BCUT2D eigenvalue weighted by atomic mass is 9.71. The smallest absolute Gasteiger partial charge is 0.0215 e. The summed E-state index contributed by atoms with van der Waals surface area (Å²) in [6, 6.07) is 18.3. The summed E-state index contributed by atoms with van der Waals surface area (Å²) in [5.74, 6) is 0. The first-order valence-corrected chi connectivity index (χ1v) is 10.5. The summed E-state index contributed by atoms with van der Waals surface area (Å²) in [6.07, 6.45) is 10.6. The van der Waals surface area contributed by atoms with Crippen molar-refractivity contribution in [1.29, 1.82) is 0 Å². The van der Waals surface area contributed by atoms with Crippen LogP contribution >= 0.6 is 0 Å². The van der Waals surface area contributed by atoms with Crippen LogP contribution in [0.15, 0.2) is 48.5 Å². The maximum absolute atomic E-state index is 2.39. The number of hydrogen-bond donors (Lipinski definition) is 0. The molecule has 3 rings (SSSR count). The van der Waals surface area contributed by atoms with Crippen molar-refractivity contribution in [1.82, 2.24) is 0 Å². The van der Waals surface area contributed by atoms with E-state index >= 15 is 0 Å². The summed E-state index contributed by atoms with van der Waals surface area (Å²) >= 11 is 0. The van der Waals surface area contributed by atoms with Gasteiger partial charge in [-0.2, -0.15) is 0 Å². The van der Waals surface area contributed by atoms with Crippen molar-refractivity contribution in [2.24, 2.45) is 0 Å². The molecule has 0 spiro atoms. The van der Waals surface area contributed by atoms with Crippen LogP contribution in [-0.4, -0.2) is 0 Å². The topological polar surface area (TPSA) is 0 Å². The summed E-state index contributed by atoms with van der Waals surface area (Å²) in [4.78, 5) is 0. The number of benzene rings is 2. The first kappa shape index (κ1) is 19.8. The van der Waals surface area contributed by atoms with E-state index < -0.39 is 0 Å².